The van der Waals surface area contributed by atoms with Crippen molar-refractivity contribution in [2.45, 2.75) is 6.61 Å². The van der Waals surface area contributed by atoms with Crippen molar-refractivity contribution < 1.29 is 9.53 Å². The molecule has 0 aliphatic heterocycles. The van der Waals surface area contributed by atoms with Crippen LogP contribution in [0, 0.1) is 0 Å². The topological polar surface area (TPSA) is 95.2 Å². The molecule has 0 aliphatic rings. The third-order valence-electron chi connectivity index (χ3n) is 5.21. The third kappa shape index (κ3) is 4.52. The standard InChI is InChI=1S/C26H21N5O2/c32-26(31-28-16-19-15-27-22-12-6-4-10-20(19)22)24-14-23(29-30-24)21-11-5-7-13-25(21)33-17-18-8-2-1-3-9-18/h1-16,27H,17H2,(H,29,30)(H,31,32)/b28-16-. The first-order valence-corrected chi connectivity index (χ1v) is 10.5. The molecule has 0 saturated carbocycles. The quantitative estimate of drug-likeness (QED) is 0.251. The lowest BCUT2D eigenvalue weighted by molar-refractivity contribution is 0.0950. The number of benzene rings is 3. The normalized spacial score (nSPS) is 11.2. The van der Waals surface area contributed by atoms with Crippen molar-refractivity contribution in [1.82, 2.24) is 20.6 Å². The molecule has 2 heterocycles. The fourth-order valence-electron chi connectivity index (χ4n) is 3.54. The average Bonchev–Trinajstić information content (AvgIpc) is 3.52. The molecule has 0 bridgehead atoms. The molecule has 1 amide bonds. The Morgan fingerprint density at radius 1 is 1.00 bits per heavy atom. The minimum Gasteiger partial charge on any atom is -0.488 e. The maximum atomic E-state index is 12.5. The summed E-state index contributed by atoms with van der Waals surface area (Å²) in [6.07, 6.45) is 3.46. The number of ether oxygens (including phenoxy) is 1. The van der Waals surface area contributed by atoms with Crippen molar-refractivity contribution in [2.24, 2.45) is 5.10 Å². The molecule has 0 aliphatic carbocycles. The van der Waals surface area contributed by atoms with E-state index < -0.39 is 0 Å². The molecule has 5 aromatic rings. The van der Waals surface area contributed by atoms with Crippen LogP contribution in [0.5, 0.6) is 5.75 Å². The lowest BCUT2D eigenvalue weighted by Crippen LogP contribution is -2.17. The average molecular weight is 435 g/mol. The number of hydrogen-bond donors (Lipinski definition) is 3. The molecule has 0 radical (unpaired) electrons. The molecule has 0 fully saturated rings. The number of aromatic nitrogens is 3. The van der Waals surface area contributed by atoms with E-state index in [1.807, 2.05) is 85.1 Å². The van der Waals surface area contributed by atoms with Crippen LogP contribution in [-0.4, -0.2) is 27.3 Å². The van der Waals surface area contributed by atoms with Gasteiger partial charge in [-0.3, -0.25) is 9.89 Å². The number of nitrogens with one attached hydrogen (secondary N) is 3. The largest absolute Gasteiger partial charge is 0.488 e. The van der Waals surface area contributed by atoms with Gasteiger partial charge in [0.25, 0.3) is 5.91 Å². The summed E-state index contributed by atoms with van der Waals surface area (Å²) in [7, 11) is 0. The summed E-state index contributed by atoms with van der Waals surface area (Å²) in [5.74, 6) is 0.310. The molecule has 0 saturated heterocycles. The fourth-order valence-corrected chi connectivity index (χ4v) is 3.54. The van der Waals surface area contributed by atoms with Gasteiger partial charge in [-0.1, -0.05) is 60.7 Å². The highest BCUT2D eigenvalue weighted by atomic mass is 16.5. The Morgan fingerprint density at radius 2 is 1.79 bits per heavy atom. The van der Waals surface area contributed by atoms with Crippen molar-refractivity contribution in [2.75, 3.05) is 0 Å². The zero-order chi connectivity index (χ0) is 22.5. The summed E-state index contributed by atoms with van der Waals surface area (Å²) in [6, 6.07) is 27.1. The number of rotatable bonds is 7. The SMILES string of the molecule is O=C(N/N=C\c1c[nH]c2ccccc12)c1cc(-c2ccccc2OCc2ccccc2)n[nH]1. The van der Waals surface area contributed by atoms with Crippen LogP contribution < -0.4 is 10.2 Å². The summed E-state index contributed by atoms with van der Waals surface area (Å²) in [5, 5.41) is 12.2. The summed E-state index contributed by atoms with van der Waals surface area (Å²) in [5.41, 5.74) is 7.23. The van der Waals surface area contributed by atoms with Crippen LogP contribution in [0.4, 0.5) is 0 Å². The lowest BCUT2D eigenvalue weighted by atomic mass is 10.1. The number of nitrogens with zero attached hydrogens (tertiary/aromatic N) is 2. The first-order valence-electron chi connectivity index (χ1n) is 10.5. The second kappa shape index (κ2) is 9.23. The van der Waals surface area contributed by atoms with Gasteiger partial charge in [0.1, 0.15) is 18.1 Å². The summed E-state index contributed by atoms with van der Waals surface area (Å²) in [6.45, 7) is 0.443. The van der Waals surface area contributed by atoms with Gasteiger partial charge in [-0.15, -0.1) is 0 Å². The number of amides is 1. The van der Waals surface area contributed by atoms with E-state index in [0.29, 0.717) is 23.7 Å². The summed E-state index contributed by atoms with van der Waals surface area (Å²) in [4.78, 5) is 15.7. The van der Waals surface area contributed by atoms with Gasteiger partial charge in [0, 0.05) is 28.2 Å². The monoisotopic (exact) mass is 435 g/mol. The second-order valence-corrected chi connectivity index (χ2v) is 7.43. The molecule has 3 N–H and O–H groups in total. The molecule has 3 aromatic carbocycles. The Morgan fingerprint density at radius 3 is 2.70 bits per heavy atom. The predicted molar refractivity (Wildman–Crippen MR) is 128 cm³/mol. The summed E-state index contributed by atoms with van der Waals surface area (Å²) >= 11 is 0. The van der Waals surface area contributed by atoms with E-state index in [1.165, 1.54) is 0 Å². The molecule has 0 spiro atoms. The van der Waals surface area contributed by atoms with E-state index in [1.54, 1.807) is 12.3 Å². The van der Waals surface area contributed by atoms with Gasteiger partial charge in [-0.25, -0.2) is 5.43 Å². The van der Waals surface area contributed by atoms with Crippen LogP contribution in [0.2, 0.25) is 0 Å². The van der Waals surface area contributed by atoms with Crippen molar-refractivity contribution in [3.8, 4) is 17.0 Å². The molecule has 33 heavy (non-hydrogen) atoms. The summed E-state index contributed by atoms with van der Waals surface area (Å²) < 4.78 is 6.01. The van der Waals surface area contributed by atoms with Crippen molar-refractivity contribution in [3.63, 3.8) is 0 Å². The van der Waals surface area contributed by atoms with Gasteiger partial charge in [-0.2, -0.15) is 10.2 Å². The number of aromatic amines is 2. The van der Waals surface area contributed by atoms with Crippen LogP contribution in [0.25, 0.3) is 22.2 Å². The highest BCUT2D eigenvalue weighted by Crippen LogP contribution is 2.29. The molecular weight excluding hydrogens is 414 g/mol. The van der Waals surface area contributed by atoms with E-state index in [4.69, 9.17) is 4.74 Å². The Labute approximate surface area is 190 Å². The van der Waals surface area contributed by atoms with E-state index in [0.717, 1.165) is 27.6 Å². The third-order valence-corrected chi connectivity index (χ3v) is 5.21. The number of carbonyl (C=O) groups excluding carboxylic acids is 1. The number of carbonyl (C=O) groups is 1. The van der Waals surface area contributed by atoms with E-state index >= 15 is 0 Å². The molecule has 0 atom stereocenters. The molecule has 2 aromatic heterocycles. The van der Waals surface area contributed by atoms with Crippen LogP contribution in [0.15, 0.2) is 96.2 Å². The highest BCUT2D eigenvalue weighted by Gasteiger charge is 2.14. The number of para-hydroxylation sites is 2. The minimum atomic E-state index is -0.382. The van der Waals surface area contributed by atoms with Crippen LogP contribution in [0.1, 0.15) is 21.6 Å². The van der Waals surface area contributed by atoms with Crippen molar-refractivity contribution >= 4 is 23.0 Å². The number of hydrogen-bond acceptors (Lipinski definition) is 4. The van der Waals surface area contributed by atoms with Gasteiger partial charge in [0.2, 0.25) is 0 Å². The van der Waals surface area contributed by atoms with Gasteiger partial charge >= 0.3 is 0 Å². The zero-order valence-corrected chi connectivity index (χ0v) is 17.7. The van der Waals surface area contributed by atoms with Crippen molar-refractivity contribution in [1.29, 1.82) is 0 Å². The van der Waals surface area contributed by atoms with Gasteiger partial charge < -0.3 is 9.72 Å². The molecular formula is C26H21N5O2. The minimum absolute atomic E-state index is 0.305. The Bertz CT molecular complexity index is 1420. The maximum Gasteiger partial charge on any atom is 0.289 e. The number of hydrazone groups is 1. The van der Waals surface area contributed by atoms with Gasteiger partial charge in [-0.05, 0) is 29.8 Å². The highest BCUT2D eigenvalue weighted by molar-refractivity contribution is 6.00. The van der Waals surface area contributed by atoms with E-state index in [9.17, 15) is 4.79 Å². The molecule has 5 rings (SSSR count). The Kier molecular flexibility index (Phi) is 5.67. The molecule has 7 heteroatoms. The smallest absolute Gasteiger partial charge is 0.289 e. The zero-order valence-electron chi connectivity index (χ0n) is 17.7. The number of fused-ring (bicyclic) bond motifs is 1. The maximum absolute atomic E-state index is 12.5. The van der Waals surface area contributed by atoms with Gasteiger partial charge in [0.15, 0.2) is 0 Å². The van der Waals surface area contributed by atoms with Crippen molar-refractivity contribution in [3.05, 3.63) is 108 Å². The van der Waals surface area contributed by atoms with Crippen LogP contribution in [0.3, 0.4) is 0 Å². The Hall–Kier alpha value is -4.65. The first-order chi connectivity index (χ1) is 16.3. The van der Waals surface area contributed by atoms with Crippen LogP contribution >= 0.6 is 0 Å². The molecule has 0 unspecified atom stereocenters. The second-order valence-electron chi connectivity index (χ2n) is 7.43. The lowest BCUT2D eigenvalue weighted by Gasteiger charge is -2.10. The first kappa shape index (κ1) is 20.3. The Balaban J connectivity index is 1.27. The fraction of sp³-hybridized carbons (Fsp3) is 0.0385. The van der Waals surface area contributed by atoms with Crippen LogP contribution in [-0.2, 0) is 6.61 Å². The van der Waals surface area contributed by atoms with Gasteiger partial charge in [0.05, 0.1) is 11.9 Å². The van der Waals surface area contributed by atoms with E-state index in [2.05, 4.69) is 25.7 Å². The molecule has 162 valence electrons. The molecule has 7 nitrogen and oxygen atoms in total. The number of H-pyrrole nitrogens is 2. The van der Waals surface area contributed by atoms with E-state index in [-0.39, 0.29) is 5.91 Å². The predicted octanol–water partition coefficient (Wildman–Crippen LogP) is 4.90.